The molecule has 0 aromatic heterocycles. The smallest absolute Gasteiger partial charge is 0.335 e. The Balaban J connectivity index is 1.67. The molecular formula is C15H18O2. The number of benzene rings is 1. The van der Waals surface area contributed by atoms with E-state index in [0.29, 0.717) is 5.56 Å². The van der Waals surface area contributed by atoms with Gasteiger partial charge in [0.15, 0.2) is 0 Å². The molecule has 2 aliphatic rings. The van der Waals surface area contributed by atoms with Crippen LogP contribution < -0.4 is 0 Å². The molecule has 17 heavy (non-hydrogen) atoms. The maximum Gasteiger partial charge on any atom is 0.335 e. The topological polar surface area (TPSA) is 37.3 Å². The summed E-state index contributed by atoms with van der Waals surface area (Å²) in [5.41, 5.74) is 1.69. The highest BCUT2D eigenvalue weighted by atomic mass is 16.4. The van der Waals surface area contributed by atoms with E-state index in [1.54, 1.807) is 12.1 Å². The first-order chi connectivity index (χ1) is 8.22. The molecular weight excluding hydrogens is 212 g/mol. The van der Waals surface area contributed by atoms with E-state index in [4.69, 9.17) is 5.11 Å². The molecule has 3 atom stereocenters. The molecule has 0 spiro atoms. The van der Waals surface area contributed by atoms with Gasteiger partial charge in [0.2, 0.25) is 0 Å². The Hall–Kier alpha value is -1.31. The fourth-order valence-electron chi connectivity index (χ4n) is 3.71. The van der Waals surface area contributed by atoms with E-state index in [-0.39, 0.29) is 0 Å². The highest BCUT2D eigenvalue weighted by molar-refractivity contribution is 5.87. The molecule has 0 saturated heterocycles. The lowest BCUT2D eigenvalue weighted by Gasteiger charge is -2.21. The fraction of sp³-hybridized carbons (Fsp3) is 0.533. The van der Waals surface area contributed by atoms with E-state index in [1.165, 1.54) is 31.2 Å². The summed E-state index contributed by atoms with van der Waals surface area (Å²) in [5, 5.41) is 8.85. The molecule has 90 valence electrons. The van der Waals surface area contributed by atoms with E-state index in [0.717, 1.165) is 24.2 Å². The van der Waals surface area contributed by atoms with Crippen LogP contribution in [-0.2, 0) is 6.42 Å². The van der Waals surface area contributed by atoms with Crippen LogP contribution in [0.2, 0.25) is 0 Å². The molecule has 0 unspecified atom stereocenters. The summed E-state index contributed by atoms with van der Waals surface area (Å²) in [6.45, 7) is 0. The monoisotopic (exact) mass is 230 g/mol. The van der Waals surface area contributed by atoms with Crippen molar-refractivity contribution in [2.75, 3.05) is 0 Å². The van der Waals surface area contributed by atoms with Crippen molar-refractivity contribution in [2.45, 2.75) is 32.1 Å². The predicted molar refractivity (Wildman–Crippen MR) is 66.0 cm³/mol. The van der Waals surface area contributed by atoms with Crippen LogP contribution in [0.15, 0.2) is 24.3 Å². The van der Waals surface area contributed by atoms with Gasteiger partial charge in [0, 0.05) is 0 Å². The second-order valence-corrected chi connectivity index (χ2v) is 5.64. The van der Waals surface area contributed by atoms with Gasteiger partial charge in [-0.2, -0.15) is 0 Å². The standard InChI is InChI=1S/C15H18O2/c16-15(17)12-4-1-10(2-5-12)7-14-9-11-3-6-13(14)8-11/h1-2,4-5,11,13-14H,3,6-9H2,(H,16,17)/t11-,13-,14-/m1/s1. The Labute approximate surface area is 102 Å². The molecule has 2 bridgehead atoms. The van der Waals surface area contributed by atoms with Crippen molar-refractivity contribution in [3.63, 3.8) is 0 Å². The van der Waals surface area contributed by atoms with E-state index in [2.05, 4.69) is 0 Å². The minimum absolute atomic E-state index is 0.390. The average Bonchev–Trinajstić information content (AvgIpc) is 2.91. The van der Waals surface area contributed by atoms with Crippen molar-refractivity contribution in [3.8, 4) is 0 Å². The third-order valence-corrected chi connectivity index (χ3v) is 4.58. The van der Waals surface area contributed by atoms with E-state index >= 15 is 0 Å². The molecule has 2 saturated carbocycles. The lowest BCUT2D eigenvalue weighted by atomic mass is 9.84. The largest absolute Gasteiger partial charge is 0.478 e. The van der Waals surface area contributed by atoms with Gasteiger partial charge in [0.25, 0.3) is 0 Å². The number of carbonyl (C=O) groups is 1. The van der Waals surface area contributed by atoms with Crippen molar-refractivity contribution in [1.82, 2.24) is 0 Å². The van der Waals surface area contributed by atoms with Crippen molar-refractivity contribution < 1.29 is 9.90 Å². The first kappa shape index (κ1) is 10.8. The number of hydrogen-bond acceptors (Lipinski definition) is 1. The first-order valence-corrected chi connectivity index (χ1v) is 6.54. The summed E-state index contributed by atoms with van der Waals surface area (Å²) in [6.07, 6.45) is 6.84. The fourth-order valence-corrected chi connectivity index (χ4v) is 3.71. The maximum atomic E-state index is 10.8. The zero-order chi connectivity index (χ0) is 11.8. The second kappa shape index (κ2) is 4.17. The molecule has 1 aromatic rings. The summed E-state index contributed by atoms with van der Waals surface area (Å²) >= 11 is 0. The third-order valence-electron chi connectivity index (χ3n) is 4.58. The lowest BCUT2D eigenvalue weighted by Crippen LogP contribution is -2.13. The molecule has 2 aliphatic carbocycles. The van der Waals surface area contributed by atoms with Crippen LogP contribution in [-0.4, -0.2) is 11.1 Å². The number of carboxylic acids is 1. The number of fused-ring (bicyclic) bond motifs is 2. The normalized spacial score (nSPS) is 30.7. The van der Waals surface area contributed by atoms with E-state index in [1.807, 2.05) is 12.1 Å². The van der Waals surface area contributed by atoms with Gasteiger partial charge < -0.3 is 5.11 Å². The summed E-state index contributed by atoms with van der Waals surface area (Å²) in [7, 11) is 0. The summed E-state index contributed by atoms with van der Waals surface area (Å²) in [4.78, 5) is 10.8. The second-order valence-electron chi connectivity index (χ2n) is 5.64. The summed E-state index contributed by atoms with van der Waals surface area (Å²) in [6, 6.07) is 7.42. The average molecular weight is 230 g/mol. The Morgan fingerprint density at radius 1 is 1.18 bits per heavy atom. The Morgan fingerprint density at radius 3 is 2.47 bits per heavy atom. The Morgan fingerprint density at radius 2 is 1.94 bits per heavy atom. The van der Waals surface area contributed by atoms with Crippen LogP contribution in [0.5, 0.6) is 0 Å². The quantitative estimate of drug-likeness (QED) is 0.864. The van der Waals surface area contributed by atoms with Gasteiger partial charge in [-0.15, -0.1) is 0 Å². The van der Waals surface area contributed by atoms with Gasteiger partial charge in [0.1, 0.15) is 0 Å². The van der Waals surface area contributed by atoms with Crippen LogP contribution in [0.4, 0.5) is 0 Å². The Kier molecular flexibility index (Phi) is 2.65. The summed E-state index contributed by atoms with van der Waals surface area (Å²) in [5.74, 6) is 1.95. The molecule has 0 amide bonds. The van der Waals surface area contributed by atoms with Gasteiger partial charge in [-0.1, -0.05) is 18.6 Å². The van der Waals surface area contributed by atoms with Crippen LogP contribution >= 0.6 is 0 Å². The van der Waals surface area contributed by atoms with E-state index < -0.39 is 5.97 Å². The molecule has 2 fully saturated rings. The minimum Gasteiger partial charge on any atom is -0.478 e. The van der Waals surface area contributed by atoms with Crippen molar-refractivity contribution in [3.05, 3.63) is 35.4 Å². The van der Waals surface area contributed by atoms with Crippen molar-refractivity contribution >= 4 is 5.97 Å². The van der Waals surface area contributed by atoms with Crippen LogP contribution in [0.25, 0.3) is 0 Å². The zero-order valence-corrected chi connectivity index (χ0v) is 9.93. The van der Waals surface area contributed by atoms with Crippen LogP contribution in [0.3, 0.4) is 0 Å². The molecule has 0 aliphatic heterocycles. The molecule has 2 nitrogen and oxygen atoms in total. The van der Waals surface area contributed by atoms with Gasteiger partial charge in [-0.05, 0) is 61.1 Å². The predicted octanol–water partition coefficient (Wildman–Crippen LogP) is 3.36. The number of hydrogen-bond donors (Lipinski definition) is 1. The maximum absolute atomic E-state index is 10.8. The molecule has 3 rings (SSSR count). The molecule has 0 radical (unpaired) electrons. The SMILES string of the molecule is O=C(O)c1ccc(C[C@@H]2C[C@@H]3CC[C@@H]2C3)cc1. The van der Waals surface area contributed by atoms with Gasteiger partial charge >= 0.3 is 5.97 Å². The summed E-state index contributed by atoms with van der Waals surface area (Å²) < 4.78 is 0. The molecule has 0 heterocycles. The number of carboxylic acid groups (broad SMARTS) is 1. The highest BCUT2D eigenvalue weighted by Crippen LogP contribution is 2.49. The highest BCUT2D eigenvalue weighted by Gasteiger charge is 2.39. The van der Waals surface area contributed by atoms with E-state index in [9.17, 15) is 4.79 Å². The lowest BCUT2D eigenvalue weighted by molar-refractivity contribution is 0.0697. The van der Waals surface area contributed by atoms with Crippen LogP contribution in [0.1, 0.15) is 41.6 Å². The molecule has 2 heteroatoms. The van der Waals surface area contributed by atoms with Gasteiger partial charge in [-0.25, -0.2) is 4.79 Å². The first-order valence-electron chi connectivity index (χ1n) is 6.54. The van der Waals surface area contributed by atoms with Gasteiger partial charge in [-0.3, -0.25) is 0 Å². The third kappa shape index (κ3) is 2.08. The number of rotatable bonds is 3. The minimum atomic E-state index is -0.837. The van der Waals surface area contributed by atoms with Crippen LogP contribution in [0, 0.1) is 17.8 Å². The molecule has 1 N–H and O–H groups in total. The zero-order valence-electron chi connectivity index (χ0n) is 9.93. The Bertz CT molecular complexity index is 421. The number of aromatic carboxylic acids is 1. The van der Waals surface area contributed by atoms with Gasteiger partial charge in [0.05, 0.1) is 5.56 Å². The molecule has 1 aromatic carbocycles. The van der Waals surface area contributed by atoms with Crippen molar-refractivity contribution in [1.29, 1.82) is 0 Å². The van der Waals surface area contributed by atoms with Crippen molar-refractivity contribution in [2.24, 2.45) is 17.8 Å².